The predicted molar refractivity (Wildman–Crippen MR) is 121 cm³/mol. The second-order valence-electron chi connectivity index (χ2n) is 8.17. The molecule has 2 heterocycles. The molecular weight excluding hydrogens is 431 g/mol. The van der Waals surface area contributed by atoms with Gasteiger partial charge in [0.15, 0.2) is 0 Å². The number of rotatable bonds is 4. The van der Waals surface area contributed by atoms with Crippen molar-refractivity contribution in [2.45, 2.75) is 19.6 Å². The Labute approximate surface area is 189 Å². The van der Waals surface area contributed by atoms with Gasteiger partial charge >= 0.3 is 6.18 Å². The molecule has 0 aliphatic carbocycles. The Morgan fingerprint density at radius 2 is 1.67 bits per heavy atom. The second kappa shape index (κ2) is 9.13. The highest BCUT2D eigenvalue weighted by atomic mass is 19.4. The molecule has 0 atom stereocenters. The average Bonchev–Trinajstić information content (AvgIpc) is 2.80. The van der Waals surface area contributed by atoms with E-state index in [1.807, 2.05) is 36.1 Å². The summed E-state index contributed by atoms with van der Waals surface area (Å²) in [5.74, 6) is -0.359. The number of carbonyl (C=O) groups excluding carboxylic acids is 1. The zero-order valence-electron chi connectivity index (χ0n) is 18.2. The van der Waals surface area contributed by atoms with Crippen molar-refractivity contribution >= 4 is 11.6 Å². The van der Waals surface area contributed by atoms with E-state index in [4.69, 9.17) is 0 Å². The van der Waals surface area contributed by atoms with Gasteiger partial charge in [0.05, 0.1) is 12.1 Å². The normalized spacial score (nSPS) is 14.4. The predicted octanol–water partition coefficient (Wildman–Crippen LogP) is 4.19. The van der Waals surface area contributed by atoms with E-state index >= 15 is 0 Å². The van der Waals surface area contributed by atoms with Crippen LogP contribution in [0.15, 0.2) is 71.7 Å². The highest BCUT2D eigenvalue weighted by Gasteiger charge is 2.31. The topological polar surface area (TPSA) is 45.6 Å². The summed E-state index contributed by atoms with van der Waals surface area (Å²) in [6.07, 6.45) is -2.74. The number of aryl methyl sites for hydroxylation is 1. The smallest absolute Gasteiger partial charge is 0.368 e. The SMILES string of the molecule is Cc1cccc(Cn2cccc(C(=O)N3CCN(c4cccc(C(F)(F)F)c4)CC3)c2=O)c1. The average molecular weight is 455 g/mol. The highest BCUT2D eigenvalue weighted by molar-refractivity contribution is 5.94. The van der Waals surface area contributed by atoms with Gasteiger partial charge in [0.2, 0.25) is 0 Å². The number of anilines is 1. The summed E-state index contributed by atoms with van der Waals surface area (Å²) >= 11 is 0. The molecule has 8 heteroatoms. The number of halogens is 3. The van der Waals surface area contributed by atoms with E-state index in [0.29, 0.717) is 38.4 Å². The molecule has 1 amide bonds. The molecule has 172 valence electrons. The summed E-state index contributed by atoms with van der Waals surface area (Å²) in [4.78, 5) is 29.4. The fourth-order valence-corrected chi connectivity index (χ4v) is 4.05. The van der Waals surface area contributed by atoms with Crippen LogP contribution in [0.3, 0.4) is 0 Å². The molecule has 2 aromatic carbocycles. The van der Waals surface area contributed by atoms with Gasteiger partial charge in [-0.3, -0.25) is 9.59 Å². The number of amides is 1. The largest absolute Gasteiger partial charge is 0.416 e. The molecule has 0 spiro atoms. The lowest BCUT2D eigenvalue weighted by Crippen LogP contribution is -2.50. The molecule has 33 heavy (non-hydrogen) atoms. The zero-order valence-corrected chi connectivity index (χ0v) is 18.2. The number of hydrogen-bond donors (Lipinski definition) is 0. The van der Waals surface area contributed by atoms with Gasteiger partial charge in [-0.15, -0.1) is 0 Å². The molecule has 0 radical (unpaired) electrons. The fourth-order valence-electron chi connectivity index (χ4n) is 4.05. The minimum Gasteiger partial charge on any atom is -0.368 e. The molecule has 5 nitrogen and oxygen atoms in total. The number of aromatic nitrogens is 1. The Morgan fingerprint density at radius 1 is 0.939 bits per heavy atom. The first-order valence-electron chi connectivity index (χ1n) is 10.7. The van der Waals surface area contributed by atoms with E-state index in [2.05, 4.69) is 0 Å². The van der Waals surface area contributed by atoms with E-state index in [1.54, 1.807) is 23.2 Å². The first-order chi connectivity index (χ1) is 15.7. The van der Waals surface area contributed by atoms with E-state index in [0.717, 1.165) is 23.3 Å². The maximum absolute atomic E-state index is 13.1. The molecule has 3 aromatic rings. The number of carbonyl (C=O) groups is 1. The van der Waals surface area contributed by atoms with Gasteiger partial charge in [0.25, 0.3) is 11.5 Å². The summed E-state index contributed by atoms with van der Waals surface area (Å²) in [5, 5.41) is 0. The summed E-state index contributed by atoms with van der Waals surface area (Å²) in [6.45, 7) is 3.76. The van der Waals surface area contributed by atoms with E-state index in [9.17, 15) is 22.8 Å². The molecule has 0 bridgehead atoms. The maximum Gasteiger partial charge on any atom is 0.416 e. The molecular formula is C25H24F3N3O2. The molecule has 0 N–H and O–H groups in total. The minimum atomic E-state index is -4.40. The number of hydrogen-bond acceptors (Lipinski definition) is 3. The fraction of sp³-hybridized carbons (Fsp3) is 0.280. The van der Waals surface area contributed by atoms with Crippen molar-refractivity contribution in [2.75, 3.05) is 31.1 Å². The Morgan fingerprint density at radius 3 is 2.36 bits per heavy atom. The van der Waals surface area contributed by atoms with Gasteiger partial charge in [-0.2, -0.15) is 13.2 Å². The van der Waals surface area contributed by atoms with Crippen molar-refractivity contribution in [3.05, 3.63) is 99.5 Å². The Balaban J connectivity index is 1.46. The summed E-state index contributed by atoms with van der Waals surface area (Å²) in [6, 6.07) is 16.2. The van der Waals surface area contributed by atoms with Crippen LogP contribution in [0.5, 0.6) is 0 Å². The third kappa shape index (κ3) is 5.10. The molecule has 1 aromatic heterocycles. The van der Waals surface area contributed by atoms with Crippen molar-refractivity contribution in [3.63, 3.8) is 0 Å². The van der Waals surface area contributed by atoms with Crippen LogP contribution in [0, 0.1) is 6.92 Å². The van der Waals surface area contributed by atoms with E-state index in [1.165, 1.54) is 16.7 Å². The number of alkyl halides is 3. The summed E-state index contributed by atoms with van der Waals surface area (Å²) in [5.41, 5.74) is 1.57. The first-order valence-corrected chi connectivity index (χ1v) is 10.7. The monoisotopic (exact) mass is 455 g/mol. The van der Waals surface area contributed by atoms with Crippen LogP contribution < -0.4 is 10.5 Å². The van der Waals surface area contributed by atoms with Gasteiger partial charge in [0, 0.05) is 38.1 Å². The zero-order chi connectivity index (χ0) is 23.6. The minimum absolute atomic E-state index is 0.0951. The molecule has 1 aliphatic rings. The van der Waals surface area contributed by atoms with Crippen molar-refractivity contribution in [1.82, 2.24) is 9.47 Å². The van der Waals surface area contributed by atoms with Crippen LogP contribution in [-0.4, -0.2) is 41.6 Å². The quantitative estimate of drug-likeness (QED) is 0.593. The maximum atomic E-state index is 13.1. The molecule has 1 fully saturated rings. The van der Waals surface area contributed by atoms with Crippen LogP contribution in [-0.2, 0) is 12.7 Å². The molecule has 1 aliphatic heterocycles. The first kappa shape index (κ1) is 22.6. The van der Waals surface area contributed by atoms with E-state index < -0.39 is 11.7 Å². The third-order valence-corrected chi connectivity index (χ3v) is 5.79. The summed E-state index contributed by atoms with van der Waals surface area (Å²) < 4.78 is 40.6. The van der Waals surface area contributed by atoms with E-state index in [-0.39, 0.29) is 17.0 Å². The van der Waals surface area contributed by atoms with Crippen molar-refractivity contribution in [1.29, 1.82) is 0 Å². The molecule has 4 rings (SSSR count). The molecule has 0 unspecified atom stereocenters. The van der Waals surface area contributed by atoms with Crippen LogP contribution in [0.4, 0.5) is 18.9 Å². The molecule has 1 saturated heterocycles. The molecule has 0 saturated carbocycles. The highest BCUT2D eigenvalue weighted by Crippen LogP contribution is 2.31. The van der Waals surface area contributed by atoms with Crippen LogP contribution in [0.1, 0.15) is 27.0 Å². The standard InChI is InChI=1S/C25H24F3N3O2/c1-18-5-2-6-19(15-18)17-31-10-4-9-22(24(31)33)23(32)30-13-11-29(12-14-30)21-8-3-7-20(16-21)25(26,27)28/h2-10,15-16H,11-14,17H2,1H3. The second-order valence-corrected chi connectivity index (χ2v) is 8.17. The van der Waals surface area contributed by atoms with Gasteiger partial charge in [-0.1, -0.05) is 35.9 Å². The Hall–Kier alpha value is -3.55. The Bertz CT molecular complexity index is 1210. The van der Waals surface area contributed by atoms with Crippen molar-refractivity contribution < 1.29 is 18.0 Å². The lowest BCUT2D eigenvalue weighted by Gasteiger charge is -2.36. The van der Waals surface area contributed by atoms with Crippen LogP contribution in [0.2, 0.25) is 0 Å². The van der Waals surface area contributed by atoms with Gasteiger partial charge in [0.1, 0.15) is 5.56 Å². The summed E-state index contributed by atoms with van der Waals surface area (Å²) in [7, 11) is 0. The van der Waals surface area contributed by atoms with Crippen molar-refractivity contribution in [3.8, 4) is 0 Å². The number of pyridine rings is 1. The number of piperazine rings is 1. The van der Waals surface area contributed by atoms with Gasteiger partial charge < -0.3 is 14.4 Å². The van der Waals surface area contributed by atoms with Crippen LogP contribution >= 0.6 is 0 Å². The lowest BCUT2D eigenvalue weighted by atomic mass is 10.1. The Kier molecular flexibility index (Phi) is 6.26. The van der Waals surface area contributed by atoms with Crippen LogP contribution in [0.25, 0.3) is 0 Å². The number of benzene rings is 2. The van der Waals surface area contributed by atoms with Gasteiger partial charge in [-0.05, 0) is 42.8 Å². The lowest BCUT2D eigenvalue weighted by molar-refractivity contribution is -0.137. The number of nitrogens with zero attached hydrogens (tertiary/aromatic N) is 3. The third-order valence-electron chi connectivity index (χ3n) is 5.79. The van der Waals surface area contributed by atoms with Crippen molar-refractivity contribution in [2.24, 2.45) is 0 Å². The van der Waals surface area contributed by atoms with Gasteiger partial charge in [-0.25, -0.2) is 0 Å².